The molecule has 20 heavy (non-hydrogen) atoms. The Hall–Kier alpha value is -1.47. The van der Waals surface area contributed by atoms with Crippen molar-refractivity contribution in [3.05, 3.63) is 51.7 Å². The van der Waals surface area contributed by atoms with Gasteiger partial charge >= 0.3 is 6.18 Å². The molecular weight excluding hydrogens is 292 g/mol. The molecule has 0 unspecified atom stereocenters. The predicted molar refractivity (Wildman–Crippen MR) is 68.9 cm³/mol. The molecule has 1 aromatic heterocycles. The summed E-state index contributed by atoms with van der Waals surface area (Å²) in [6.45, 7) is 0.857. The number of nitrogens with zero attached hydrogens (tertiary/aromatic N) is 1. The third-order valence-electron chi connectivity index (χ3n) is 2.71. The van der Waals surface area contributed by atoms with Gasteiger partial charge in [0.2, 0.25) is 0 Å². The van der Waals surface area contributed by atoms with Gasteiger partial charge in [0, 0.05) is 24.9 Å². The minimum absolute atomic E-state index is 0.257. The standard InChI is InChI=1S/C13H12F4N2S/c14-12-2-1-9(5-11(12)13(15,16)17)6-18-4-3-10-7-20-8-19-10/h1-2,5,7-8,18H,3-4,6H2. The summed E-state index contributed by atoms with van der Waals surface area (Å²) in [6.07, 6.45) is -3.96. The molecule has 0 aliphatic rings. The number of halogens is 4. The highest BCUT2D eigenvalue weighted by atomic mass is 32.1. The number of benzene rings is 1. The van der Waals surface area contributed by atoms with Gasteiger partial charge in [0.25, 0.3) is 0 Å². The van der Waals surface area contributed by atoms with Crippen LogP contribution in [0.5, 0.6) is 0 Å². The zero-order chi connectivity index (χ0) is 14.6. The maximum atomic E-state index is 13.1. The van der Waals surface area contributed by atoms with Crippen LogP contribution in [-0.2, 0) is 19.1 Å². The van der Waals surface area contributed by atoms with Crippen LogP contribution in [0.25, 0.3) is 0 Å². The van der Waals surface area contributed by atoms with Gasteiger partial charge in [-0.15, -0.1) is 11.3 Å². The van der Waals surface area contributed by atoms with Gasteiger partial charge in [-0.2, -0.15) is 13.2 Å². The lowest BCUT2D eigenvalue weighted by Gasteiger charge is -2.10. The highest BCUT2D eigenvalue weighted by Gasteiger charge is 2.34. The van der Waals surface area contributed by atoms with E-state index in [1.165, 1.54) is 17.4 Å². The minimum Gasteiger partial charge on any atom is -0.312 e. The van der Waals surface area contributed by atoms with Crippen LogP contribution in [0.4, 0.5) is 17.6 Å². The maximum absolute atomic E-state index is 13.1. The van der Waals surface area contributed by atoms with Crippen LogP contribution < -0.4 is 5.32 Å². The zero-order valence-electron chi connectivity index (χ0n) is 10.4. The first-order valence-electron chi connectivity index (χ1n) is 5.90. The lowest BCUT2D eigenvalue weighted by atomic mass is 10.1. The first kappa shape index (κ1) is 14.9. The summed E-state index contributed by atoms with van der Waals surface area (Å²) in [5.74, 6) is -1.25. The Labute approximate surface area is 117 Å². The smallest absolute Gasteiger partial charge is 0.312 e. The molecule has 0 aliphatic heterocycles. The zero-order valence-corrected chi connectivity index (χ0v) is 11.2. The molecule has 0 fully saturated rings. The van der Waals surface area contributed by atoms with E-state index in [4.69, 9.17) is 0 Å². The minimum atomic E-state index is -4.67. The first-order valence-corrected chi connectivity index (χ1v) is 6.84. The summed E-state index contributed by atoms with van der Waals surface area (Å²) in [5, 5.41) is 4.93. The van der Waals surface area contributed by atoms with E-state index in [1.807, 2.05) is 5.38 Å². The van der Waals surface area contributed by atoms with Crippen LogP contribution in [0.15, 0.2) is 29.1 Å². The summed E-state index contributed by atoms with van der Waals surface area (Å²) in [5.41, 5.74) is 1.84. The molecule has 0 spiro atoms. The first-order chi connectivity index (χ1) is 9.47. The van der Waals surface area contributed by atoms with Crippen LogP contribution in [0, 0.1) is 5.82 Å². The average Bonchev–Trinajstić information content (AvgIpc) is 2.88. The second-order valence-electron chi connectivity index (χ2n) is 4.22. The van der Waals surface area contributed by atoms with Crippen molar-refractivity contribution in [3.63, 3.8) is 0 Å². The Balaban J connectivity index is 1.90. The van der Waals surface area contributed by atoms with Crippen molar-refractivity contribution in [3.8, 4) is 0 Å². The normalized spacial score (nSPS) is 11.8. The molecule has 2 aromatic rings. The van der Waals surface area contributed by atoms with E-state index in [1.54, 1.807) is 5.51 Å². The van der Waals surface area contributed by atoms with Crippen molar-refractivity contribution < 1.29 is 17.6 Å². The molecule has 1 aromatic carbocycles. The van der Waals surface area contributed by atoms with Crippen molar-refractivity contribution in [2.75, 3.05) is 6.54 Å². The Morgan fingerprint density at radius 2 is 2.05 bits per heavy atom. The second-order valence-corrected chi connectivity index (χ2v) is 4.94. The van der Waals surface area contributed by atoms with Crippen LogP contribution in [0.2, 0.25) is 0 Å². The Kier molecular flexibility index (Phi) is 4.72. The molecule has 0 atom stereocenters. The van der Waals surface area contributed by atoms with E-state index in [9.17, 15) is 17.6 Å². The van der Waals surface area contributed by atoms with Gasteiger partial charge < -0.3 is 5.32 Å². The van der Waals surface area contributed by atoms with Crippen LogP contribution in [0.3, 0.4) is 0 Å². The second kappa shape index (κ2) is 6.32. The van der Waals surface area contributed by atoms with Gasteiger partial charge in [0.15, 0.2) is 0 Å². The van der Waals surface area contributed by atoms with Crippen molar-refractivity contribution >= 4 is 11.3 Å². The van der Waals surface area contributed by atoms with Crippen LogP contribution in [0.1, 0.15) is 16.8 Å². The topological polar surface area (TPSA) is 24.9 Å². The lowest BCUT2D eigenvalue weighted by Crippen LogP contribution is -2.17. The third kappa shape index (κ3) is 4.01. The molecule has 2 nitrogen and oxygen atoms in total. The van der Waals surface area contributed by atoms with E-state index in [0.29, 0.717) is 18.5 Å². The highest BCUT2D eigenvalue weighted by molar-refractivity contribution is 7.07. The van der Waals surface area contributed by atoms with Crippen molar-refractivity contribution in [2.45, 2.75) is 19.1 Å². The summed E-state index contributed by atoms with van der Waals surface area (Å²) < 4.78 is 50.7. The van der Waals surface area contributed by atoms with Crippen LogP contribution >= 0.6 is 11.3 Å². The summed E-state index contributed by atoms with van der Waals surface area (Å²) >= 11 is 1.49. The number of hydrogen-bond acceptors (Lipinski definition) is 3. The van der Waals surface area contributed by atoms with E-state index in [2.05, 4.69) is 10.3 Å². The van der Waals surface area contributed by atoms with Crippen molar-refractivity contribution in [2.24, 2.45) is 0 Å². The van der Waals surface area contributed by atoms with Gasteiger partial charge in [-0.25, -0.2) is 9.37 Å². The van der Waals surface area contributed by atoms with E-state index in [0.717, 1.165) is 17.8 Å². The molecule has 0 amide bonds. The fourth-order valence-corrected chi connectivity index (χ4v) is 2.30. The number of nitrogens with one attached hydrogen (secondary N) is 1. The number of aromatic nitrogens is 1. The van der Waals surface area contributed by atoms with Gasteiger partial charge in [-0.05, 0) is 17.7 Å². The number of hydrogen-bond donors (Lipinski definition) is 1. The highest BCUT2D eigenvalue weighted by Crippen LogP contribution is 2.31. The fourth-order valence-electron chi connectivity index (χ4n) is 1.71. The molecule has 2 rings (SSSR count). The van der Waals surface area contributed by atoms with Crippen LogP contribution in [-0.4, -0.2) is 11.5 Å². The molecule has 1 N–H and O–H groups in total. The number of rotatable bonds is 5. The molecule has 108 valence electrons. The maximum Gasteiger partial charge on any atom is 0.419 e. The predicted octanol–water partition coefficient (Wildman–Crippen LogP) is 3.63. The lowest BCUT2D eigenvalue weighted by molar-refractivity contribution is -0.140. The molecule has 1 heterocycles. The molecular formula is C13H12F4N2S. The van der Waals surface area contributed by atoms with Crippen molar-refractivity contribution in [1.29, 1.82) is 0 Å². The molecule has 0 saturated heterocycles. The average molecular weight is 304 g/mol. The van der Waals surface area contributed by atoms with Gasteiger partial charge in [0.1, 0.15) is 5.82 Å². The molecule has 0 aliphatic carbocycles. The SMILES string of the molecule is Fc1ccc(CNCCc2cscn2)cc1C(F)(F)F. The summed E-state index contributed by atoms with van der Waals surface area (Å²) in [7, 11) is 0. The van der Waals surface area contributed by atoms with E-state index < -0.39 is 17.6 Å². The Bertz CT molecular complexity index is 552. The molecule has 0 saturated carbocycles. The number of alkyl halides is 3. The quantitative estimate of drug-likeness (QED) is 0.674. The van der Waals surface area contributed by atoms with Crippen molar-refractivity contribution in [1.82, 2.24) is 10.3 Å². The molecule has 7 heteroatoms. The van der Waals surface area contributed by atoms with Gasteiger partial charge in [0.05, 0.1) is 16.8 Å². The fraction of sp³-hybridized carbons (Fsp3) is 0.308. The Morgan fingerprint density at radius 3 is 2.70 bits per heavy atom. The van der Waals surface area contributed by atoms with Gasteiger partial charge in [-0.3, -0.25) is 0 Å². The largest absolute Gasteiger partial charge is 0.419 e. The summed E-state index contributed by atoms with van der Waals surface area (Å²) in [4.78, 5) is 4.10. The summed E-state index contributed by atoms with van der Waals surface area (Å²) in [6, 6.07) is 3.03. The third-order valence-corrected chi connectivity index (χ3v) is 3.34. The molecule has 0 radical (unpaired) electrons. The van der Waals surface area contributed by atoms with E-state index in [-0.39, 0.29) is 6.54 Å². The van der Waals surface area contributed by atoms with E-state index >= 15 is 0 Å². The molecule has 0 bridgehead atoms. The Morgan fingerprint density at radius 1 is 1.25 bits per heavy atom. The monoisotopic (exact) mass is 304 g/mol. The number of thiazole rings is 1. The van der Waals surface area contributed by atoms with Gasteiger partial charge in [-0.1, -0.05) is 6.07 Å².